The Labute approximate surface area is 101 Å². The van der Waals surface area contributed by atoms with Gasteiger partial charge in [-0.05, 0) is 19.4 Å². The van der Waals surface area contributed by atoms with Crippen molar-refractivity contribution in [1.82, 2.24) is 14.5 Å². The molecule has 6 heteroatoms. The molecule has 3 heterocycles. The molecule has 0 aromatic carbocycles. The SMILES string of the molecule is CC(=O)c1cc2c(=O)n3c(nc2[nH]c1=O)CCC3. The molecule has 1 aliphatic rings. The highest BCUT2D eigenvalue weighted by Crippen LogP contribution is 2.12. The minimum Gasteiger partial charge on any atom is -0.306 e. The summed E-state index contributed by atoms with van der Waals surface area (Å²) < 4.78 is 1.60. The highest BCUT2D eigenvalue weighted by Gasteiger charge is 2.18. The Kier molecular flexibility index (Phi) is 2.19. The van der Waals surface area contributed by atoms with Crippen molar-refractivity contribution in [1.29, 1.82) is 0 Å². The van der Waals surface area contributed by atoms with Crippen LogP contribution in [0.1, 0.15) is 29.5 Å². The van der Waals surface area contributed by atoms with Crippen molar-refractivity contribution in [2.45, 2.75) is 26.3 Å². The van der Waals surface area contributed by atoms with Gasteiger partial charge >= 0.3 is 0 Å². The fraction of sp³-hybridized carbons (Fsp3) is 0.333. The lowest BCUT2D eigenvalue weighted by Gasteiger charge is -2.05. The fourth-order valence-electron chi connectivity index (χ4n) is 2.30. The van der Waals surface area contributed by atoms with Gasteiger partial charge in [0, 0.05) is 13.0 Å². The van der Waals surface area contributed by atoms with Crippen molar-refractivity contribution >= 4 is 16.8 Å². The van der Waals surface area contributed by atoms with E-state index in [4.69, 9.17) is 0 Å². The summed E-state index contributed by atoms with van der Waals surface area (Å²) in [6.07, 6.45) is 1.62. The van der Waals surface area contributed by atoms with E-state index in [1.54, 1.807) is 4.57 Å². The summed E-state index contributed by atoms with van der Waals surface area (Å²) in [5.74, 6) is 0.335. The summed E-state index contributed by atoms with van der Waals surface area (Å²) in [5.41, 5.74) is -0.417. The second kappa shape index (κ2) is 3.63. The summed E-state index contributed by atoms with van der Waals surface area (Å²) in [5, 5.41) is 0.297. The summed E-state index contributed by atoms with van der Waals surface area (Å²) in [7, 11) is 0. The number of ketones is 1. The van der Waals surface area contributed by atoms with Crippen LogP contribution in [0, 0.1) is 0 Å². The highest BCUT2D eigenvalue weighted by molar-refractivity contribution is 5.96. The number of hydrogen-bond acceptors (Lipinski definition) is 4. The van der Waals surface area contributed by atoms with E-state index in [1.807, 2.05) is 0 Å². The molecule has 0 fully saturated rings. The monoisotopic (exact) mass is 245 g/mol. The van der Waals surface area contributed by atoms with Gasteiger partial charge in [0.1, 0.15) is 11.5 Å². The van der Waals surface area contributed by atoms with Crippen LogP contribution in [0.15, 0.2) is 15.7 Å². The molecule has 6 nitrogen and oxygen atoms in total. The maximum absolute atomic E-state index is 12.2. The predicted octanol–water partition coefficient (Wildman–Crippen LogP) is 0.234. The normalized spacial score (nSPS) is 13.8. The molecule has 0 amide bonds. The summed E-state index contributed by atoms with van der Waals surface area (Å²) in [6, 6.07) is 1.34. The number of fused-ring (bicyclic) bond motifs is 2. The van der Waals surface area contributed by atoms with Crippen molar-refractivity contribution in [3.8, 4) is 0 Å². The van der Waals surface area contributed by atoms with E-state index in [2.05, 4.69) is 9.97 Å². The van der Waals surface area contributed by atoms with Gasteiger partial charge in [-0.3, -0.25) is 19.0 Å². The number of carbonyl (C=O) groups excluding carboxylic acids is 1. The van der Waals surface area contributed by atoms with Gasteiger partial charge in [-0.1, -0.05) is 0 Å². The van der Waals surface area contributed by atoms with Crippen LogP contribution in [0.4, 0.5) is 0 Å². The largest absolute Gasteiger partial charge is 0.306 e. The number of rotatable bonds is 1. The Hall–Kier alpha value is -2.24. The quantitative estimate of drug-likeness (QED) is 0.729. The average molecular weight is 245 g/mol. The van der Waals surface area contributed by atoms with E-state index < -0.39 is 5.56 Å². The number of H-pyrrole nitrogens is 1. The molecule has 18 heavy (non-hydrogen) atoms. The lowest BCUT2D eigenvalue weighted by Crippen LogP contribution is -2.25. The van der Waals surface area contributed by atoms with Gasteiger partial charge < -0.3 is 4.98 Å². The first-order valence-corrected chi connectivity index (χ1v) is 5.75. The van der Waals surface area contributed by atoms with Gasteiger partial charge in [-0.15, -0.1) is 0 Å². The Morgan fingerprint density at radius 1 is 1.44 bits per heavy atom. The number of hydrogen-bond donors (Lipinski definition) is 1. The van der Waals surface area contributed by atoms with Crippen LogP contribution in [0.3, 0.4) is 0 Å². The van der Waals surface area contributed by atoms with E-state index >= 15 is 0 Å². The molecule has 0 aliphatic carbocycles. The molecular weight excluding hydrogens is 234 g/mol. The zero-order valence-corrected chi connectivity index (χ0v) is 9.82. The third-order valence-corrected chi connectivity index (χ3v) is 3.21. The minimum absolute atomic E-state index is 0.0000491. The van der Waals surface area contributed by atoms with E-state index in [0.717, 1.165) is 12.8 Å². The lowest BCUT2D eigenvalue weighted by molar-refractivity contribution is 0.101. The van der Waals surface area contributed by atoms with Gasteiger partial charge in [0.25, 0.3) is 11.1 Å². The van der Waals surface area contributed by atoms with Crippen LogP contribution in [0.25, 0.3) is 11.0 Å². The Balaban J connectivity index is 2.45. The molecule has 2 aromatic heterocycles. The maximum atomic E-state index is 12.2. The lowest BCUT2D eigenvalue weighted by atomic mass is 10.1. The van der Waals surface area contributed by atoms with Gasteiger partial charge in [-0.2, -0.15) is 0 Å². The van der Waals surface area contributed by atoms with Gasteiger partial charge in [-0.25, -0.2) is 4.98 Å². The average Bonchev–Trinajstić information content (AvgIpc) is 2.76. The predicted molar refractivity (Wildman–Crippen MR) is 64.9 cm³/mol. The van der Waals surface area contributed by atoms with Crippen LogP contribution in [0.2, 0.25) is 0 Å². The van der Waals surface area contributed by atoms with E-state index in [9.17, 15) is 14.4 Å². The molecule has 0 radical (unpaired) electrons. The van der Waals surface area contributed by atoms with Gasteiger partial charge in [0.2, 0.25) is 0 Å². The summed E-state index contributed by atoms with van der Waals surface area (Å²) in [4.78, 5) is 41.9. The van der Waals surface area contributed by atoms with Crippen LogP contribution in [-0.2, 0) is 13.0 Å². The Morgan fingerprint density at radius 2 is 2.22 bits per heavy atom. The van der Waals surface area contributed by atoms with Crippen molar-refractivity contribution in [3.05, 3.63) is 38.2 Å². The number of Topliss-reactive ketones (excluding diaryl/α,β-unsaturated/α-hetero) is 1. The van der Waals surface area contributed by atoms with E-state index in [0.29, 0.717) is 17.8 Å². The fourth-order valence-corrected chi connectivity index (χ4v) is 2.30. The molecule has 0 saturated heterocycles. The Morgan fingerprint density at radius 3 is 2.94 bits per heavy atom. The second-order valence-corrected chi connectivity index (χ2v) is 4.42. The van der Waals surface area contributed by atoms with Crippen molar-refractivity contribution in [3.63, 3.8) is 0 Å². The molecule has 3 rings (SSSR count). The number of aryl methyl sites for hydroxylation is 1. The maximum Gasteiger partial charge on any atom is 0.262 e. The smallest absolute Gasteiger partial charge is 0.262 e. The molecule has 2 aromatic rings. The molecule has 1 aliphatic heterocycles. The molecule has 0 unspecified atom stereocenters. The zero-order valence-electron chi connectivity index (χ0n) is 9.82. The van der Waals surface area contributed by atoms with Crippen LogP contribution >= 0.6 is 0 Å². The Bertz CT molecular complexity index is 785. The molecule has 1 N–H and O–H groups in total. The molecule has 0 spiro atoms. The molecular formula is C12H11N3O3. The molecule has 92 valence electrons. The first-order valence-electron chi connectivity index (χ1n) is 5.75. The topological polar surface area (TPSA) is 84.8 Å². The standard InChI is InChI=1S/C12H11N3O3/c1-6(16)7-5-8-10(14-11(7)17)13-9-3-2-4-15(9)12(8)18/h5H,2-4H2,1H3,(H,14,17). The second-order valence-electron chi connectivity index (χ2n) is 4.42. The first-order chi connectivity index (χ1) is 8.58. The molecule has 0 bridgehead atoms. The third-order valence-electron chi connectivity index (χ3n) is 3.21. The number of carbonyl (C=O) groups is 1. The number of pyridine rings is 1. The zero-order chi connectivity index (χ0) is 12.9. The van der Waals surface area contributed by atoms with Crippen LogP contribution in [-0.4, -0.2) is 20.3 Å². The number of aromatic amines is 1. The summed E-state index contributed by atoms with van der Waals surface area (Å²) in [6.45, 7) is 1.94. The third kappa shape index (κ3) is 1.42. The van der Waals surface area contributed by atoms with Crippen molar-refractivity contribution < 1.29 is 4.79 Å². The molecule has 0 saturated carbocycles. The molecule has 0 atom stereocenters. The van der Waals surface area contributed by atoms with Gasteiger partial charge in [0.15, 0.2) is 5.78 Å². The highest BCUT2D eigenvalue weighted by atomic mass is 16.1. The van der Waals surface area contributed by atoms with Gasteiger partial charge in [0.05, 0.1) is 10.9 Å². The van der Waals surface area contributed by atoms with Crippen LogP contribution in [0.5, 0.6) is 0 Å². The number of nitrogens with one attached hydrogen (secondary N) is 1. The van der Waals surface area contributed by atoms with Crippen LogP contribution < -0.4 is 11.1 Å². The van der Waals surface area contributed by atoms with E-state index in [1.165, 1.54) is 13.0 Å². The van der Waals surface area contributed by atoms with Crippen molar-refractivity contribution in [2.75, 3.05) is 0 Å². The van der Waals surface area contributed by atoms with E-state index in [-0.39, 0.29) is 22.6 Å². The number of nitrogens with zero attached hydrogens (tertiary/aromatic N) is 2. The summed E-state index contributed by atoms with van der Waals surface area (Å²) >= 11 is 0. The number of aromatic nitrogens is 3. The van der Waals surface area contributed by atoms with Crippen molar-refractivity contribution in [2.24, 2.45) is 0 Å². The first kappa shape index (κ1) is 10.9. The minimum atomic E-state index is -0.496.